The van der Waals surface area contributed by atoms with E-state index in [1.54, 1.807) is 18.9 Å². The zero-order valence-corrected chi connectivity index (χ0v) is 15.2. The minimum Gasteiger partial charge on any atom is -0.496 e. The van der Waals surface area contributed by atoms with Crippen molar-refractivity contribution in [2.24, 2.45) is 0 Å². The number of fused-ring (bicyclic) bond motifs is 1. The summed E-state index contributed by atoms with van der Waals surface area (Å²) in [5, 5.41) is 13.8. The first-order valence-electron chi connectivity index (χ1n) is 8.37. The molecule has 0 spiro atoms. The van der Waals surface area contributed by atoms with Gasteiger partial charge in [0, 0.05) is 11.4 Å². The quantitative estimate of drug-likeness (QED) is 0.784. The Hall–Kier alpha value is -1.49. The number of hydrogen-bond donors (Lipinski definition) is 2. The summed E-state index contributed by atoms with van der Waals surface area (Å²) < 4.78 is 5.48. The summed E-state index contributed by atoms with van der Waals surface area (Å²) >= 11 is 1.68. The SMILES string of the molecule is COc1cc(CN[C@]2(CO)CCCc3ccccc32)ccc1SC. The minimum absolute atomic E-state index is 0.115. The Labute approximate surface area is 148 Å². The second-order valence-electron chi connectivity index (χ2n) is 6.29. The second kappa shape index (κ2) is 7.60. The molecule has 3 nitrogen and oxygen atoms in total. The third-order valence-electron chi connectivity index (χ3n) is 4.93. The van der Waals surface area contributed by atoms with E-state index >= 15 is 0 Å². The Morgan fingerprint density at radius 1 is 1.25 bits per heavy atom. The lowest BCUT2D eigenvalue weighted by molar-refractivity contribution is 0.140. The predicted octanol–water partition coefficient (Wildman–Crippen LogP) is 3.73. The fourth-order valence-electron chi connectivity index (χ4n) is 3.59. The maximum absolute atomic E-state index is 10.2. The molecule has 1 atom stereocenters. The molecule has 0 aromatic heterocycles. The summed E-state index contributed by atoms with van der Waals surface area (Å²) in [6.45, 7) is 0.823. The zero-order chi connectivity index (χ0) is 17.0. The van der Waals surface area contributed by atoms with Gasteiger partial charge in [-0.25, -0.2) is 0 Å². The average molecular weight is 343 g/mol. The molecule has 1 aliphatic carbocycles. The van der Waals surface area contributed by atoms with Crippen molar-refractivity contribution in [3.05, 3.63) is 59.2 Å². The van der Waals surface area contributed by atoms with Crippen molar-refractivity contribution < 1.29 is 9.84 Å². The molecule has 0 saturated heterocycles. The monoisotopic (exact) mass is 343 g/mol. The van der Waals surface area contributed by atoms with E-state index in [9.17, 15) is 5.11 Å². The van der Waals surface area contributed by atoms with Gasteiger partial charge in [-0.1, -0.05) is 30.3 Å². The van der Waals surface area contributed by atoms with Gasteiger partial charge in [0.15, 0.2) is 0 Å². The van der Waals surface area contributed by atoms with Crippen LogP contribution in [0, 0.1) is 0 Å². The molecule has 0 bridgehead atoms. The smallest absolute Gasteiger partial charge is 0.132 e. The Morgan fingerprint density at radius 3 is 2.83 bits per heavy atom. The molecule has 2 aromatic carbocycles. The van der Waals surface area contributed by atoms with E-state index in [1.165, 1.54) is 16.7 Å². The van der Waals surface area contributed by atoms with Crippen LogP contribution >= 0.6 is 11.8 Å². The van der Waals surface area contributed by atoms with Gasteiger partial charge in [-0.05, 0) is 54.3 Å². The number of aryl methyl sites for hydroxylation is 1. The summed E-state index contributed by atoms with van der Waals surface area (Å²) in [5.74, 6) is 0.906. The highest BCUT2D eigenvalue weighted by Gasteiger charge is 2.35. The number of hydrogen-bond acceptors (Lipinski definition) is 4. The van der Waals surface area contributed by atoms with Crippen LogP contribution in [0.4, 0.5) is 0 Å². The molecule has 1 aliphatic rings. The second-order valence-corrected chi connectivity index (χ2v) is 7.14. The molecule has 0 unspecified atom stereocenters. The number of nitrogens with one attached hydrogen (secondary N) is 1. The Kier molecular flexibility index (Phi) is 5.49. The highest BCUT2D eigenvalue weighted by Crippen LogP contribution is 2.35. The largest absolute Gasteiger partial charge is 0.496 e. The molecule has 4 heteroatoms. The van der Waals surface area contributed by atoms with E-state index in [4.69, 9.17) is 4.74 Å². The van der Waals surface area contributed by atoms with Gasteiger partial charge >= 0.3 is 0 Å². The maximum Gasteiger partial charge on any atom is 0.132 e. The summed E-state index contributed by atoms with van der Waals surface area (Å²) in [7, 11) is 1.71. The molecule has 0 saturated carbocycles. The molecular weight excluding hydrogens is 318 g/mol. The molecule has 0 heterocycles. The first kappa shape index (κ1) is 17.3. The van der Waals surface area contributed by atoms with Crippen LogP contribution in [0.5, 0.6) is 5.75 Å². The molecule has 2 N–H and O–H groups in total. The van der Waals surface area contributed by atoms with Gasteiger partial charge in [-0.15, -0.1) is 11.8 Å². The van der Waals surface area contributed by atoms with E-state index in [0.717, 1.165) is 29.9 Å². The van der Waals surface area contributed by atoms with Gasteiger partial charge in [-0.3, -0.25) is 0 Å². The Morgan fingerprint density at radius 2 is 2.08 bits per heavy atom. The zero-order valence-electron chi connectivity index (χ0n) is 14.3. The highest BCUT2D eigenvalue weighted by atomic mass is 32.2. The Balaban J connectivity index is 1.83. The van der Waals surface area contributed by atoms with Crippen molar-refractivity contribution in [2.75, 3.05) is 20.0 Å². The molecular formula is C20H25NO2S. The van der Waals surface area contributed by atoms with E-state index in [1.807, 2.05) is 0 Å². The molecule has 0 aliphatic heterocycles. The molecule has 0 fully saturated rings. The van der Waals surface area contributed by atoms with Crippen molar-refractivity contribution in [1.29, 1.82) is 0 Å². The first-order chi connectivity index (χ1) is 11.7. The third kappa shape index (κ3) is 3.32. The predicted molar refractivity (Wildman–Crippen MR) is 99.8 cm³/mol. The van der Waals surface area contributed by atoms with Gasteiger partial charge in [-0.2, -0.15) is 0 Å². The van der Waals surface area contributed by atoms with E-state index in [0.29, 0.717) is 6.54 Å². The molecule has 2 aromatic rings. The van der Waals surface area contributed by atoms with Crippen LogP contribution in [0.15, 0.2) is 47.4 Å². The lowest BCUT2D eigenvalue weighted by Gasteiger charge is -2.39. The van der Waals surface area contributed by atoms with E-state index in [2.05, 4.69) is 54.0 Å². The van der Waals surface area contributed by atoms with Crippen LogP contribution in [0.25, 0.3) is 0 Å². The van der Waals surface area contributed by atoms with Crippen molar-refractivity contribution in [3.8, 4) is 5.75 Å². The first-order valence-corrected chi connectivity index (χ1v) is 9.60. The fraction of sp³-hybridized carbons (Fsp3) is 0.400. The van der Waals surface area contributed by atoms with Crippen LogP contribution in [0.2, 0.25) is 0 Å². The highest BCUT2D eigenvalue weighted by molar-refractivity contribution is 7.98. The van der Waals surface area contributed by atoms with E-state index < -0.39 is 0 Å². The van der Waals surface area contributed by atoms with Gasteiger partial charge in [0.2, 0.25) is 0 Å². The number of aliphatic hydroxyl groups excluding tert-OH is 1. The van der Waals surface area contributed by atoms with Gasteiger partial charge in [0.25, 0.3) is 0 Å². The lowest BCUT2D eigenvalue weighted by Crippen LogP contribution is -2.47. The number of thioether (sulfide) groups is 1. The molecule has 24 heavy (non-hydrogen) atoms. The number of ether oxygens (including phenoxy) is 1. The normalized spacial score (nSPS) is 19.8. The van der Waals surface area contributed by atoms with Crippen molar-refractivity contribution in [2.45, 2.75) is 36.2 Å². The van der Waals surface area contributed by atoms with Crippen LogP contribution in [0.1, 0.15) is 29.5 Å². The van der Waals surface area contributed by atoms with E-state index in [-0.39, 0.29) is 12.1 Å². The van der Waals surface area contributed by atoms with Crippen LogP contribution in [-0.4, -0.2) is 25.1 Å². The minimum atomic E-state index is -0.347. The third-order valence-corrected chi connectivity index (χ3v) is 5.71. The number of rotatable bonds is 6. The van der Waals surface area contributed by atoms with Gasteiger partial charge < -0.3 is 15.2 Å². The summed E-state index contributed by atoms with van der Waals surface area (Å²) in [6, 6.07) is 14.8. The lowest BCUT2D eigenvalue weighted by atomic mass is 9.77. The fourth-order valence-corrected chi connectivity index (χ4v) is 4.13. The van der Waals surface area contributed by atoms with Gasteiger partial charge in [0.1, 0.15) is 5.75 Å². The van der Waals surface area contributed by atoms with Crippen molar-refractivity contribution in [3.63, 3.8) is 0 Å². The van der Waals surface area contributed by atoms with Crippen molar-refractivity contribution in [1.82, 2.24) is 5.32 Å². The number of aliphatic hydroxyl groups is 1. The molecule has 3 rings (SSSR count). The summed E-state index contributed by atoms with van der Waals surface area (Å²) in [5.41, 5.74) is 3.41. The van der Waals surface area contributed by atoms with Crippen LogP contribution < -0.4 is 10.1 Å². The van der Waals surface area contributed by atoms with Crippen molar-refractivity contribution >= 4 is 11.8 Å². The average Bonchev–Trinajstić information content (AvgIpc) is 2.66. The Bertz CT molecular complexity index is 704. The molecule has 0 radical (unpaired) electrons. The number of benzene rings is 2. The van der Waals surface area contributed by atoms with Gasteiger partial charge in [0.05, 0.1) is 19.3 Å². The summed E-state index contributed by atoms with van der Waals surface area (Å²) in [6.07, 6.45) is 5.20. The van der Waals surface area contributed by atoms with Crippen LogP contribution in [0.3, 0.4) is 0 Å². The topological polar surface area (TPSA) is 41.5 Å². The number of methoxy groups -OCH3 is 1. The van der Waals surface area contributed by atoms with Crippen LogP contribution in [-0.2, 0) is 18.5 Å². The molecule has 128 valence electrons. The molecule has 0 amide bonds. The summed E-state index contributed by atoms with van der Waals surface area (Å²) in [4.78, 5) is 1.14. The maximum atomic E-state index is 10.2. The standard InChI is InChI=1S/C20H25NO2S/c1-23-18-12-15(9-10-19(18)24-2)13-21-20(14-22)11-5-7-16-6-3-4-8-17(16)20/h3-4,6,8-10,12,21-22H,5,7,11,13-14H2,1-2H3/t20-/m0/s1.